The molecule has 1 aliphatic rings. The second-order valence-electron chi connectivity index (χ2n) is 7.55. The van der Waals surface area contributed by atoms with Gasteiger partial charge in [0.05, 0.1) is 14.2 Å². The number of nitrogens with zero attached hydrogens (tertiary/aromatic N) is 3. The highest BCUT2D eigenvalue weighted by molar-refractivity contribution is 5.80. The quantitative estimate of drug-likeness (QED) is 0.523. The summed E-state index contributed by atoms with van der Waals surface area (Å²) in [5, 5.41) is 7.00. The summed E-state index contributed by atoms with van der Waals surface area (Å²) in [4.78, 5) is 9.08. The van der Waals surface area contributed by atoms with Gasteiger partial charge in [0.1, 0.15) is 11.5 Å². The van der Waals surface area contributed by atoms with Crippen LogP contribution in [0.3, 0.4) is 0 Å². The maximum Gasteiger partial charge on any atom is 0.191 e. The minimum Gasteiger partial charge on any atom is -0.497 e. The third kappa shape index (κ3) is 6.48. The number of nitrogens with one attached hydrogen (secondary N) is 2. The molecular weight excluding hydrogens is 354 g/mol. The summed E-state index contributed by atoms with van der Waals surface area (Å²) in [6.45, 7) is 8.27. The van der Waals surface area contributed by atoms with Crippen LogP contribution in [0.25, 0.3) is 0 Å². The van der Waals surface area contributed by atoms with Crippen molar-refractivity contribution >= 4 is 11.6 Å². The van der Waals surface area contributed by atoms with E-state index in [1.165, 1.54) is 0 Å². The molecule has 1 fully saturated rings. The predicted octanol–water partition coefficient (Wildman–Crippen LogP) is 2.18. The lowest BCUT2D eigenvalue weighted by atomic mass is 10.0. The van der Waals surface area contributed by atoms with E-state index in [2.05, 4.69) is 58.5 Å². The van der Waals surface area contributed by atoms with Crippen molar-refractivity contribution in [2.24, 2.45) is 4.99 Å². The van der Waals surface area contributed by atoms with Crippen LogP contribution in [0.4, 0.5) is 5.69 Å². The van der Waals surface area contributed by atoms with Crippen LogP contribution in [-0.2, 0) is 0 Å². The highest BCUT2D eigenvalue weighted by Gasteiger charge is 2.21. The van der Waals surface area contributed by atoms with Gasteiger partial charge in [-0.15, -0.1) is 0 Å². The maximum absolute atomic E-state index is 5.40. The smallest absolute Gasteiger partial charge is 0.191 e. The fraction of sp³-hybridized carbons (Fsp3) is 0.667. The first-order valence-corrected chi connectivity index (χ1v) is 10.1. The summed E-state index contributed by atoms with van der Waals surface area (Å²) in [6.07, 6.45) is 2.12. The third-order valence-electron chi connectivity index (χ3n) is 5.40. The fourth-order valence-electron chi connectivity index (χ4n) is 3.25. The molecule has 1 aromatic rings. The Hall–Kier alpha value is -2.15. The van der Waals surface area contributed by atoms with Gasteiger partial charge in [0, 0.05) is 69.2 Å². The summed E-state index contributed by atoms with van der Waals surface area (Å²) >= 11 is 0. The Bertz CT molecular complexity index is 605. The SMILES string of the molecule is CN=C(NCCN(C)C(C)C)NC1CCN(c2cc(OC)cc(OC)c2)CC1. The second kappa shape index (κ2) is 11.0. The molecule has 1 heterocycles. The highest BCUT2D eigenvalue weighted by Crippen LogP contribution is 2.30. The zero-order valence-corrected chi connectivity index (χ0v) is 18.3. The van der Waals surface area contributed by atoms with Gasteiger partial charge in [-0.25, -0.2) is 0 Å². The van der Waals surface area contributed by atoms with E-state index in [1.54, 1.807) is 14.2 Å². The molecule has 1 aromatic carbocycles. The molecule has 0 spiro atoms. The molecule has 0 saturated carbocycles. The molecule has 1 aliphatic heterocycles. The van der Waals surface area contributed by atoms with Crippen LogP contribution in [0.5, 0.6) is 11.5 Å². The van der Waals surface area contributed by atoms with Gasteiger partial charge < -0.3 is 29.9 Å². The number of likely N-dealkylation sites (N-methyl/N-ethyl adjacent to an activating group) is 1. The number of hydrogen-bond donors (Lipinski definition) is 2. The van der Waals surface area contributed by atoms with Gasteiger partial charge in [0.15, 0.2) is 5.96 Å². The fourth-order valence-corrected chi connectivity index (χ4v) is 3.25. The minimum atomic E-state index is 0.429. The first kappa shape index (κ1) is 22.1. The Morgan fingerprint density at radius 1 is 1.18 bits per heavy atom. The Morgan fingerprint density at radius 2 is 1.79 bits per heavy atom. The Morgan fingerprint density at radius 3 is 2.29 bits per heavy atom. The molecule has 0 unspecified atom stereocenters. The largest absolute Gasteiger partial charge is 0.497 e. The number of guanidine groups is 1. The summed E-state index contributed by atoms with van der Waals surface area (Å²) in [7, 11) is 7.35. The van der Waals surface area contributed by atoms with Gasteiger partial charge in [-0.1, -0.05) is 0 Å². The Kier molecular flexibility index (Phi) is 8.70. The molecule has 158 valence electrons. The van der Waals surface area contributed by atoms with E-state index in [4.69, 9.17) is 9.47 Å². The van der Waals surface area contributed by atoms with E-state index in [1.807, 2.05) is 13.1 Å². The van der Waals surface area contributed by atoms with Crippen molar-refractivity contribution in [1.82, 2.24) is 15.5 Å². The van der Waals surface area contributed by atoms with Gasteiger partial charge in [-0.2, -0.15) is 0 Å². The topological polar surface area (TPSA) is 61.4 Å². The van der Waals surface area contributed by atoms with Gasteiger partial charge in [-0.05, 0) is 33.7 Å². The second-order valence-corrected chi connectivity index (χ2v) is 7.55. The molecule has 2 rings (SSSR count). The molecule has 0 radical (unpaired) electrons. The van der Waals surface area contributed by atoms with E-state index >= 15 is 0 Å². The van der Waals surface area contributed by atoms with Crippen molar-refractivity contribution in [2.45, 2.75) is 38.8 Å². The number of piperidine rings is 1. The van der Waals surface area contributed by atoms with Gasteiger partial charge >= 0.3 is 0 Å². The molecule has 28 heavy (non-hydrogen) atoms. The molecule has 7 heteroatoms. The van der Waals surface area contributed by atoms with E-state index in [0.717, 1.165) is 62.2 Å². The lowest BCUT2D eigenvalue weighted by molar-refractivity contribution is 0.278. The number of rotatable bonds is 8. The van der Waals surface area contributed by atoms with Crippen molar-refractivity contribution in [1.29, 1.82) is 0 Å². The van der Waals surface area contributed by atoms with Crippen LogP contribution in [-0.4, -0.2) is 77.4 Å². The molecular formula is C21H37N5O2. The molecule has 0 atom stereocenters. The van der Waals surface area contributed by atoms with Crippen LogP contribution in [0, 0.1) is 0 Å². The lowest BCUT2D eigenvalue weighted by Crippen LogP contribution is -2.49. The van der Waals surface area contributed by atoms with Gasteiger partial charge in [0.25, 0.3) is 0 Å². The van der Waals surface area contributed by atoms with Crippen molar-refractivity contribution in [2.75, 3.05) is 59.4 Å². The molecule has 0 amide bonds. The van der Waals surface area contributed by atoms with E-state index < -0.39 is 0 Å². The van der Waals surface area contributed by atoms with Crippen LogP contribution >= 0.6 is 0 Å². The van der Waals surface area contributed by atoms with Gasteiger partial charge in [0.2, 0.25) is 0 Å². The normalized spacial score (nSPS) is 15.9. The van der Waals surface area contributed by atoms with Crippen molar-refractivity contribution in [3.8, 4) is 11.5 Å². The molecule has 7 nitrogen and oxygen atoms in total. The molecule has 0 aromatic heterocycles. The van der Waals surface area contributed by atoms with E-state index in [9.17, 15) is 0 Å². The molecule has 1 saturated heterocycles. The average Bonchev–Trinajstić information content (AvgIpc) is 2.72. The molecule has 0 bridgehead atoms. The highest BCUT2D eigenvalue weighted by atomic mass is 16.5. The zero-order valence-electron chi connectivity index (χ0n) is 18.3. The first-order valence-electron chi connectivity index (χ1n) is 10.1. The predicted molar refractivity (Wildman–Crippen MR) is 117 cm³/mol. The number of ether oxygens (including phenoxy) is 2. The standard InChI is InChI=1S/C21H37N5O2/c1-16(2)25(4)12-9-23-21(22-3)24-17-7-10-26(11-8-17)18-13-19(27-5)15-20(14-18)28-6/h13-17H,7-12H2,1-6H3,(H2,22,23,24). The summed E-state index contributed by atoms with van der Waals surface area (Å²) < 4.78 is 10.8. The average molecular weight is 392 g/mol. The molecule has 2 N–H and O–H groups in total. The molecule has 0 aliphatic carbocycles. The van der Waals surface area contributed by atoms with Gasteiger partial charge in [-0.3, -0.25) is 4.99 Å². The Balaban J connectivity index is 1.83. The maximum atomic E-state index is 5.40. The van der Waals surface area contributed by atoms with Crippen molar-refractivity contribution in [3.63, 3.8) is 0 Å². The number of hydrogen-bond acceptors (Lipinski definition) is 5. The minimum absolute atomic E-state index is 0.429. The third-order valence-corrected chi connectivity index (χ3v) is 5.40. The number of aliphatic imine (C=N–C) groups is 1. The van der Waals surface area contributed by atoms with Crippen LogP contribution in [0.1, 0.15) is 26.7 Å². The number of anilines is 1. The Labute approximate surface area is 170 Å². The monoisotopic (exact) mass is 391 g/mol. The number of methoxy groups -OCH3 is 2. The van der Waals surface area contributed by atoms with Crippen molar-refractivity contribution in [3.05, 3.63) is 18.2 Å². The van der Waals surface area contributed by atoms with Crippen LogP contribution in [0.15, 0.2) is 23.2 Å². The summed E-state index contributed by atoms with van der Waals surface area (Å²) in [5.74, 6) is 2.54. The summed E-state index contributed by atoms with van der Waals surface area (Å²) in [6, 6.07) is 7.03. The zero-order chi connectivity index (χ0) is 20.5. The summed E-state index contributed by atoms with van der Waals surface area (Å²) in [5.41, 5.74) is 1.15. The van der Waals surface area contributed by atoms with Crippen molar-refractivity contribution < 1.29 is 9.47 Å². The van der Waals surface area contributed by atoms with E-state index in [-0.39, 0.29) is 0 Å². The van der Waals surface area contributed by atoms with Crippen LogP contribution in [0.2, 0.25) is 0 Å². The van der Waals surface area contributed by atoms with E-state index in [0.29, 0.717) is 12.1 Å². The lowest BCUT2D eigenvalue weighted by Gasteiger charge is -2.35. The number of benzene rings is 1. The first-order chi connectivity index (χ1) is 13.5. The van der Waals surface area contributed by atoms with Crippen LogP contribution < -0.4 is 25.0 Å².